The highest BCUT2D eigenvalue weighted by molar-refractivity contribution is 6.11. The molecule has 5 aromatic rings. The molecule has 0 saturated heterocycles. The lowest BCUT2D eigenvalue weighted by atomic mass is 10.1. The molecule has 4 nitrogen and oxygen atoms in total. The second kappa shape index (κ2) is 5.53. The summed E-state index contributed by atoms with van der Waals surface area (Å²) in [7, 11) is 0. The molecule has 3 aromatic carbocycles. The van der Waals surface area contributed by atoms with Crippen molar-refractivity contribution < 1.29 is 4.42 Å². The maximum Gasteiger partial charge on any atom is 0.164 e. The highest BCUT2D eigenvalue weighted by Gasteiger charge is 2.14. The van der Waals surface area contributed by atoms with Crippen LogP contribution in [-0.2, 0) is 0 Å². The first kappa shape index (κ1) is 13.9. The Hall–Kier alpha value is -3.53. The van der Waals surface area contributed by atoms with E-state index in [1.807, 2.05) is 66.7 Å². The fourth-order valence-electron chi connectivity index (χ4n) is 3.11. The molecule has 5 rings (SSSR count). The third kappa shape index (κ3) is 2.27. The monoisotopic (exact) mass is 323 g/mol. The van der Waals surface area contributed by atoms with Gasteiger partial charge in [0.25, 0.3) is 0 Å². The number of para-hydroxylation sites is 1. The summed E-state index contributed by atoms with van der Waals surface area (Å²) in [5.41, 5.74) is 3.61. The van der Waals surface area contributed by atoms with Crippen molar-refractivity contribution in [2.24, 2.45) is 0 Å². The molecule has 0 N–H and O–H groups in total. The minimum absolute atomic E-state index is 0.644. The molecule has 0 aliphatic rings. The molecule has 0 amide bonds. The Balaban J connectivity index is 1.77. The second-order valence-electron chi connectivity index (χ2n) is 5.78. The van der Waals surface area contributed by atoms with Crippen molar-refractivity contribution in [3.05, 3.63) is 79.1 Å². The van der Waals surface area contributed by atoms with Gasteiger partial charge in [0.15, 0.2) is 11.6 Å². The molecular formula is C21H13N3O. The topological polar surface area (TPSA) is 51.8 Å². The number of benzene rings is 3. The minimum Gasteiger partial charge on any atom is -0.456 e. The number of furan rings is 1. The van der Waals surface area contributed by atoms with Gasteiger partial charge < -0.3 is 4.42 Å². The molecule has 0 aliphatic carbocycles. The lowest BCUT2D eigenvalue weighted by Crippen LogP contribution is -1.95. The van der Waals surface area contributed by atoms with Crippen LogP contribution in [0.3, 0.4) is 0 Å². The Morgan fingerprint density at radius 3 is 2.32 bits per heavy atom. The third-order valence-electron chi connectivity index (χ3n) is 4.25. The maximum absolute atomic E-state index is 5.96. The van der Waals surface area contributed by atoms with E-state index in [9.17, 15) is 0 Å². The van der Waals surface area contributed by atoms with Crippen LogP contribution in [0.25, 0.3) is 44.7 Å². The van der Waals surface area contributed by atoms with Crippen LogP contribution in [-0.4, -0.2) is 15.0 Å². The Labute approximate surface area is 143 Å². The predicted molar refractivity (Wildman–Crippen MR) is 98.0 cm³/mol. The van der Waals surface area contributed by atoms with Gasteiger partial charge in [0, 0.05) is 21.9 Å². The van der Waals surface area contributed by atoms with Crippen LogP contribution in [0.15, 0.2) is 83.5 Å². The molecule has 0 aliphatic heterocycles. The number of hydrogen-bond acceptors (Lipinski definition) is 4. The zero-order chi connectivity index (χ0) is 16.6. The van der Waals surface area contributed by atoms with E-state index < -0.39 is 0 Å². The zero-order valence-electron chi connectivity index (χ0n) is 13.3. The van der Waals surface area contributed by atoms with E-state index in [2.05, 4.69) is 21.0 Å². The van der Waals surface area contributed by atoms with E-state index in [1.54, 1.807) is 6.33 Å². The van der Waals surface area contributed by atoms with E-state index in [4.69, 9.17) is 4.42 Å². The summed E-state index contributed by atoms with van der Waals surface area (Å²) in [6.45, 7) is 0. The molecule has 0 unspecified atom stereocenters. The van der Waals surface area contributed by atoms with Crippen LogP contribution in [0.5, 0.6) is 0 Å². The van der Waals surface area contributed by atoms with Crippen molar-refractivity contribution >= 4 is 21.9 Å². The first-order chi connectivity index (χ1) is 12.4. The lowest BCUT2D eigenvalue weighted by Gasteiger charge is -2.04. The second-order valence-corrected chi connectivity index (χ2v) is 5.78. The summed E-state index contributed by atoms with van der Waals surface area (Å²) in [5, 5.41) is 2.10. The van der Waals surface area contributed by atoms with Crippen molar-refractivity contribution in [2.45, 2.75) is 0 Å². The zero-order valence-corrected chi connectivity index (χ0v) is 13.3. The van der Waals surface area contributed by atoms with E-state index >= 15 is 0 Å². The summed E-state index contributed by atoms with van der Waals surface area (Å²) in [6, 6.07) is 23.9. The third-order valence-corrected chi connectivity index (χ3v) is 4.25. The normalized spacial score (nSPS) is 11.2. The SMILES string of the molecule is c1ccc(-c2ncnc(-c3cccc4oc5ccccc5c34)n2)cc1. The highest BCUT2D eigenvalue weighted by atomic mass is 16.3. The lowest BCUT2D eigenvalue weighted by molar-refractivity contribution is 0.669. The van der Waals surface area contributed by atoms with Crippen LogP contribution in [0, 0.1) is 0 Å². The van der Waals surface area contributed by atoms with Gasteiger partial charge >= 0.3 is 0 Å². The average Bonchev–Trinajstić information content (AvgIpc) is 3.07. The Kier molecular flexibility index (Phi) is 3.07. The molecule has 0 fully saturated rings. The summed E-state index contributed by atoms with van der Waals surface area (Å²) < 4.78 is 5.96. The van der Waals surface area contributed by atoms with Crippen LogP contribution < -0.4 is 0 Å². The van der Waals surface area contributed by atoms with Gasteiger partial charge in [-0.05, 0) is 12.1 Å². The van der Waals surface area contributed by atoms with Crippen molar-refractivity contribution in [1.82, 2.24) is 15.0 Å². The van der Waals surface area contributed by atoms with Gasteiger partial charge in [-0.25, -0.2) is 15.0 Å². The number of rotatable bonds is 2. The Morgan fingerprint density at radius 1 is 0.640 bits per heavy atom. The molecule has 25 heavy (non-hydrogen) atoms. The molecule has 0 saturated carbocycles. The Morgan fingerprint density at radius 2 is 1.40 bits per heavy atom. The molecule has 0 bridgehead atoms. The fraction of sp³-hybridized carbons (Fsp3) is 0. The van der Waals surface area contributed by atoms with Gasteiger partial charge in [0.05, 0.1) is 0 Å². The van der Waals surface area contributed by atoms with Crippen LogP contribution in [0.2, 0.25) is 0 Å². The molecule has 0 radical (unpaired) electrons. The summed E-state index contributed by atoms with van der Waals surface area (Å²) >= 11 is 0. The van der Waals surface area contributed by atoms with Gasteiger partial charge in [-0.3, -0.25) is 0 Å². The average molecular weight is 323 g/mol. The highest BCUT2D eigenvalue weighted by Crippen LogP contribution is 2.35. The first-order valence-corrected chi connectivity index (χ1v) is 8.05. The smallest absolute Gasteiger partial charge is 0.164 e. The molecule has 0 atom stereocenters. The van der Waals surface area contributed by atoms with E-state index in [0.29, 0.717) is 11.6 Å². The predicted octanol–water partition coefficient (Wildman–Crippen LogP) is 5.11. The molecular weight excluding hydrogens is 310 g/mol. The molecule has 2 heterocycles. The molecule has 2 aromatic heterocycles. The standard InChI is InChI=1S/C21H13N3O/c1-2-7-14(8-3-1)20-22-13-23-21(24-20)16-10-6-12-18-19(16)15-9-4-5-11-17(15)25-18/h1-13H. The van der Waals surface area contributed by atoms with Crippen molar-refractivity contribution in [3.8, 4) is 22.8 Å². The fourth-order valence-corrected chi connectivity index (χ4v) is 3.11. The Bertz CT molecular complexity index is 1200. The summed E-state index contributed by atoms with van der Waals surface area (Å²) in [6.07, 6.45) is 1.56. The van der Waals surface area contributed by atoms with Gasteiger partial charge in [-0.1, -0.05) is 60.7 Å². The van der Waals surface area contributed by atoms with Gasteiger partial charge in [-0.15, -0.1) is 0 Å². The van der Waals surface area contributed by atoms with Crippen LogP contribution >= 0.6 is 0 Å². The maximum atomic E-state index is 5.96. The van der Waals surface area contributed by atoms with E-state index in [1.165, 1.54) is 0 Å². The number of fused-ring (bicyclic) bond motifs is 3. The number of nitrogens with zero attached hydrogens (tertiary/aromatic N) is 3. The van der Waals surface area contributed by atoms with E-state index in [0.717, 1.165) is 33.1 Å². The quantitative estimate of drug-likeness (QED) is 0.453. The molecule has 0 spiro atoms. The van der Waals surface area contributed by atoms with E-state index in [-0.39, 0.29) is 0 Å². The summed E-state index contributed by atoms with van der Waals surface area (Å²) in [5.74, 6) is 1.31. The molecule has 4 heteroatoms. The van der Waals surface area contributed by atoms with Crippen LogP contribution in [0.4, 0.5) is 0 Å². The van der Waals surface area contributed by atoms with Crippen molar-refractivity contribution in [2.75, 3.05) is 0 Å². The molecule has 118 valence electrons. The first-order valence-electron chi connectivity index (χ1n) is 8.05. The van der Waals surface area contributed by atoms with Gasteiger partial charge in [0.1, 0.15) is 17.5 Å². The summed E-state index contributed by atoms with van der Waals surface area (Å²) in [4.78, 5) is 13.4. The largest absolute Gasteiger partial charge is 0.456 e. The number of hydrogen-bond donors (Lipinski definition) is 0. The van der Waals surface area contributed by atoms with Gasteiger partial charge in [0.2, 0.25) is 0 Å². The number of aromatic nitrogens is 3. The van der Waals surface area contributed by atoms with Crippen molar-refractivity contribution in [3.63, 3.8) is 0 Å². The van der Waals surface area contributed by atoms with Crippen LogP contribution in [0.1, 0.15) is 0 Å². The van der Waals surface area contributed by atoms with Gasteiger partial charge in [-0.2, -0.15) is 0 Å². The minimum atomic E-state index is 0.644. The van der Waals surface area contributed by atoms with Crippen molar-refractivity contribution in [1.29, 1.82) is 0 Å².